The van der Waals surface area contributed by atoms with Crippen molar-refractivity contribution in [2.45, 2.75) is 18.8 Å². The van der Waals surface area contributed by atoms with Crippen molar-refractivity contribution in [1.82, 2.24) is 10.3 Å². The summed E-state index contributed by atoms with van der Waals surface area (Å²) >= 11 is 3.13. The fourth-order valence-corrected chi connectivity index (χ4v) is 4.85. The maximum atomic E-state index is 13.0. The normalized spacial score (nSPS) is 17.8. The summed E-state index contributed by atoms with van der Waals surface area (Å²) in [4.78, 5) is 17.9. The van der Waals surface area contributed by atoms with Gasteiger partial charge in [0.15, 0.2) is 11.3 Å². The highest BCUT2D eigenvalue weighted by Crippen LogP contribution is 2.32. The number of thioether (sulfide) groups is 1. The van der Waals surface area contributed by atoms with Gasteiger partial charge in [-0.05, 0) is 35.4 Å². The van der Waals surface area contributed by atoms with Gasteiger partial charge in [0.2, 0.25) is 0 Å². The van der Waals surface area contributed by atoms with Crippen molar-refractivity contribution >= 4 is 39.9 Å². The Hall–Kier alpha value is -2.90. The Balaban J connectivity index is 1.53. The fourth-order valence-electron chi connectivity index (χ4n) is 3.37. The molecule has 1 N–H and O–H groups in total. The smallest absolute Gasteiger partial charge is 0.276 e. The lowest BCUT2D eigenvalue weighted by Crippen LogP contribution is -2.50. The van der Waals surface area contributed by atoms with Crippen molar-refractivity contribution in [2.75, 3.05) is 0 Å². The number of thiophene rings is 1. The lowest BCUT2D eigenvalue weighted by Gasteiger charge is -2.33. The number of carbonyl (C=O) groups excluding carboxylic acids is 1. The molecule has 3 heterocycles. The van der Waals surface area contributed by atoms with Gasteiger partial charge in [-0.1, -0.05) is 59.8 Å². The van der Waals surface area contributed by atoms with E-state index in [1.807, 2.05) is 35.7 Å². The molecule has 3 aromatic rings. The molecule has 0 saturated heterocycles. The first-order valence-electron chi connectivity index (χ1n) is 9.26. The van der Waals surface area contributed by atoms with Gasteiger partial charge >= 0.3 is 0 Å². The van der Waals surface area contributed by atoms with Crippen molar-refractivity contribution < 1.29 is 4.79 Å². The molecule has 1 atom stereocenters. The number of amidine groups is 1. The number of amides is 1. The summed E-state index contributed by atoms with van der Waals surface area (Å²) in [6.45, 7) is 2.07. The van der Waals surface area contributed by atoms with Crippen LogP contribution in [-0.2, 0) is 10.5 Å². The fraction of sp³-hybridized carbons (Fsp3) is 0.136. The summed E-state index contributed by atoms with van der Waals surface area (Å²) in [7, 11) is 0. The molecule has 0 spiro atoms. The van der Waals surface area contributed by atoms with Crippen LogP contribution in [0.25, 0.3) is 5.70 Å². The van der Waals surface area contributed by atoms with Crippen LogP contribution in [0.4, 0.5) is 0 Å². The number of carbonyl (C=O) groups is 1. The highest BCUT2D eigenvalue weighted by Gasteiger charge is 2.34. The molecule has 5 rings (SSSR count). The Morgan fingerprint density at radius 3 is 2.76 bits per heavy atom. The molecule has 0 bridgehead atoms. The van der Waals surface area contributed by atoms with Crippen LogP contribution < -0.4 is 15.9 Å². The molecule has 0 aliphatic carbocycles. The number of para-hydroxylation sites is 1. The first-order valence-corrected chi connectivity index (χ1v) is 11.2. The van der Waals surface area contributed by atoms with Crippen LogP contribution in [0.15, 0.2) is 75.5 Å². The summed E-state index contributed by atoms with van der Waals surface area (Å²) in [5.41, 5.74) is 4.00. The largest absolute Gasteiger partial charge is 0.298 e. The van der Waals surface area contributed by atoms with E-state index in [4.69, 9.17) is 10.1 Å². The molecule has 0 saturated carbocycles. The number of hydrazone groups is 1. The third-order valence-corrected chi connectivity index (χ3v) is 6.49. The van der Waals surface area contributed by atoms with E-state index in [-0.39, 0.29) is 12.1 Å². The molecule has 7 heteroatoms. The molecule has 1 aromatic heterocycles. The van der Waals surface area contributed by atoms with Crippen LogP contribution in [0.3, 0.4) is 0 Å². The van der Waals surface area contributed by atoms with E-state index in [2.05, 4.69) is 41.9 Å². The monoisotopic (exact) mass is 418 g/mol. The Bertz CT molecular complexity index is 1220. The van der Waals surface area contributed by atoms with Gasteiger partial charge in [-0.15, -0.1) is 5.10 Å². The van der Waals surface area contributed by atoms with E-state index in [0.29, 0.717) is 10.9 Å². The summed E-state index contributed by atoms with van der Waals surface area (Å²) in [6, 6.07) is 18.1. The molecular formula is C22H18N4OS2. The minimum atomic E-state index is -0.341. The highest BCUT2D eigenvalue weighted by molar-refractivity contribution is 8.13. The average Bonchev–Trinajstić information content (AvgIpc) is 3.27. The van der Waals surface area contributed by atoms with Gasteiger partial charge in [0.05, 0.1) is 5.36 Å². The van der Waals surface area contributed by atoms with Crippen molar-refractivity contribution in [3.05, 3.63) is 92.6 Å². The van der Waals surface area contributed by atoms with Crippen molar-refractivity contribution in [3.8, 4) is 0 Å². The predicted molar refractivity (Wildman–Crippen MR) is 118 cm³/mol. The van der Waals surface area contributed by atoms with E-state index < -0.39 is 0 Å². The van der Waals surface area contributed by atoms with E-state index in [1.54, 1.807) is 16.3 Å². The van der Waals surface area contributed by atoms with Gasteiger partial charge in [0.1, 0.15) is 5.70 Å². The minimum Gasteiger partial charge on any atom is -0.298 e. The number of rotatable bonds is 3. The number of fused-ring (bicyclic) bond motifs is 2. The number of hydrogen-bond acceptors (Lipinski definition) is 6. The Morgan fingerprint density at radius 2 is 1.97 bits per heavy atom. The number of hydrogen-bond donors (Lipinski definition) is 1. The summed E-state index contributed by atoms with van der Waals surface area (Å²) in [6.07, 6.45) is -0.341. The van der Waals surface area contributed by atoms with Crippen LogP contribution >= 0.6 is 23.1 Å². The van der Waals surface area contributed by atoms with E-state index >= 15 is 0 Å². The number of benzene rings is 2. The lowest BCUT2D eigenvalue weighted by molar-refractivity contribution is -0.116. The maximum Gasteiger partial charge on any atom is 0.276 e. The average molecular weight is 419 g/mol. The predicted octanol–water partition coefficient (Wildman–Crippen LogP) is 3.13. The molecule has 2 aliphatic heterocycles. The number of nitrogens with one attached hydrogen (secondary N) is 1. The molecule has 1 unspecified atom stereocenters. The van der Waals surface area contributed by atoms with Crippen LogP contribution in [0.1, 0.15) is 22.9 Å². The third-order valence-electron chi connectivity index (χ3n) is 4.85. The van der Waals surface area contributed by atoms with E-state index in [0.717, 1.165) is 21.9 Å². The Kier molecular flexibility index (Phi) is 4.69. The van der Waals surface area contributed by atoms with Gasteiger partial charge < -0.3 is 0 Å². The molecule has 2 aliphatic rings. The first kappa shape index (κ1) is 18.1. The Labute approximate surface area is 176 Å². The summed E-state index contributed by atoms with van der Waals surface area (Å²) in [5, 5.41) is 15.8. The van der Waals surface area contributed by atoms with Crippen LogP contribution in [-0.4, -0.2) is 16.1 Å². The molecular weight excluding hydrogens is 400 g/mol. The molecule has 0 fully saturated rings. The second-order valence-corrected chi connectivity index (χ2v) is 8.65. The molecule has 5 nitrogen and oxygen atoms in total. The van der Waals surface area contributed by atoms with Crippen LogP contribution in [0.2, 0.25) is 0 Å². The maximum absolute atomic E-state index is 13.0. The molecule has 144 valence electrons. The number of nitrogens with zero attached hydrogens (tertiary/aromatic N) is 3. The quantitative estimate of drug-likeness (QED) is 0.711. The van der Waals surface area contributed by atoms with Gasteiger partial charge in [0.25, 0.3) is 5.91 Å². The SMILES string of the molecule is Cc1ccc(CSC2=NN3C(=c4ccccc4=NC3c3ccsc3)C(=O)N2)cc1. The van der Waals surface area contributed by atoms with Crippen LogP contribution in [0, 0.1) is 6.92 Å². The summed E-state index contributed by atoms with van der Waals surface area (Å²) in [5.74, 6) is 0.591. The standard InChI is InChI=1S/C22H18N4OS2/c1-14-6-8-15(9-7-14)12-29-22-24-21(27)19-17-4-2-3-5-18(17)23-20(26(19)25-22)16-10-11-28-13-16/h2-11,13,20H,12H2,1H3,(H,24,25,27). The number of aryl methyl sites for hydroxylation is 1. The van der Waals surface area contributed by atoms with Gasteiger partial charge in [-0.3, -0.25) is 15.1 Å². The summed E-state index contributed by atoms with van der Waals surface area (Å²) < 4.78 is 0. The highest BCUT2D eigenvalue weighted by atomic mass is 32.2. The molecule has 29 heavy (non-hydrogen) atoms. The minimum absolute atomic E-state index is 0.144. The van der Waals surface area contributed by atoms with Crippen molar-refractivity contribution in [2.24, 2.45) is 10.1 Å². The van der Waals surface area contributed by atoms with Gasteiger partial charge in [-0.25, -0.2) is 5.01 Å². The van der Waals surface area contributed by atoms with Crippen LogP contribution in [0.5, 0.6) is 0 Å². The van der Waals surface area contributed by atoms with E-state index in [1.165, 1.54) is 22.9 Å². The molecule has 2 aromatic carbocycles. The first-order chi connectivity index (χ1) is 14.2. The molecule has 1 amide bonds. The van der Waals surface area contributed by atoms with Gasteiger partial charge in [-0.2, -0.15) is 11.3 Å². The Morgan fingerprint density at radius 1 is 1.14 bits per heavy atom. The lowest BCUT2D eigenvalue weighted by atomic mass is 10.1. The second kappa shape index (κ2) is 7.50. The topological polar surface area (TPSA) is 57.1 Å². The second-order valence-electron chi connectivity index (χ2n) is 6.90. The zero-order valence-corrected chi connectivity index (χ0v) is 17.3. The third kappa shape index (κ3) is 3.47. The van der Waals surface area contributed by atoms with Crippen molar-refractivity contribution in [3.63, 3.8) is 0 Å². The zero-order chi connectivity index (χ0) is 19.8. The zero-order valence-electron chi connectivity index (χ0n) is 15.7. The van der Waals surface area contributed by atoms with Crippen molar-refractivity contribution in [1.29, 1.82) is 0 Å². The molecule has 0 radical (unpaired) electrons. The van der Waals surface area contributed by atoms with E-state index in [9.17, 15) is 4.79 Å². The van der Waals surface area contributed by atoms with Gasteiger partial charge in [0, 0.05) is 16.5 Å².